The average Bonchev–Trinajstić information content (AvgIpc) is 2.13. The summed E-state index contributed by atoms with van der Waals surface area (Å²) in [5.41, 5.74) is 6.59. The van der Waals surface area contributed by atoms with E-state index in [0.29, 0.717) is 5.56 Å². The molecule has 0 atom stereocenters. The Morgan fingerprint density at radius 2 is 1.71 bits per heavy atom. The van der Waals surface area contributed by atoms with Crippen molar-refractivity contribution in [1.29, 1.82) is 0 Å². The van der Waals surface area contributed by atoms with E-state index < -0.39 is 6.36 Å². The first kappa shape index (κ1) is 13.8. The molecule has 0 radical (unpaired) electrons. The number of hydrogen-bond acceptors (Lipinski definition) is 2. The number of hydrogen-bond donors (Lipinski definition) is 1. The molecular weight excluding hydrogens is 231 g/mol. The molecule has 0 aliphatic carbocycles. The Hall–Kier alpha value is -1.23. The van der Waals surface area contributed by atoms with Crippen LogP contribution in [0.25, 0.3) is 0 Å². The van der Waals surface area contributed by atoms with Crippen LogP contribution < -0.4 is 10.5 Å². The van der Waals surface area contributed by atoms with Crippen molar-refractivity contribution < 1.29 is 17.9 Å². The molecule has 2 nitrogen and oxygen atoms in total. The van der Waals surface area contributed by atoms with Gasteiger partial charge in [-0.1, -0.05) is 26.8 Å². The van der Waals surface area contributed by atoms with Crippen LogP contribution in [-0.4, -0.2) is 6.36 Å². The van der Waals surface area contributed by atoms with Gasteiger partial charge in [0.1, 0.15) is 5.75 Å². The molecule has 0 saturated carbocycles. The van der Waals surface area contributed by atoms with Gasteiger partial charge in [0.25, 0.3) is 0 Å². The lowest BCUT2D eigenvalue weighted by Gasteiger charge is -2.21. The highest BCUT2D eigenvalue weighted by Crippen LogP contribution is 2.30. The van der Waals surface area contributed by atoms with Crippen LogP contribution in [0.5, 0.6) is 5.75 Å². The van der Waals surface area contributed by atoms with Crippen molar-refractivity contribution in [3.63, 3.8) is 0 Å². The summed E-state index contributed by atoms with van der Waals surface area (Å²) in [6.45, 7) is 5.93. The minimum absolute atomic E-state index is 0.179. The topological polar surface area (TPSA) is 35.2 Å². The molecule has 0 aliphatic heterocycles. The molecule has 2 N–H and O–H groups in total. The molecule has 0 heterocycles. The highest BCUT2D eigenvalue weighted by atomic mass is 19.4. The second kappa shape index (κ2) is 4.56. The van der Waals surface area contributed by atoms with E-state index in [1.165, 1.54) is 12.1 Å². The third-order valence-corrected chi connectivity index (χ3v) is 2.30. The van der Waals surface area contributed by atoms with Crippen LogP contribution in [0, 0.1) is 0 Å². The Morgan fingerprint density at radius 3 is 2.12 bits per heavy atom. The van der Waals surface area contributed by atoms with Gasteiger partial charge in [0.15, 0.2) is 0 Å². The smallest absolute Gasteiger partial charge is 0.406 e. The first-order valence-electron chi connectivity index (χ1n) is 5.22. The van der Waals surface area contributed by atoms with E-state index in [0.717, 1.165) is 5.56 Å². The van der Waals surface area contributed by atoms with Crippen LogP contribution in [0.1, 0.15) is 31.9 Å². The van der Waals surface area contributed by atoms with Gasteiger partial charge in [-0.05, 0) is 28.7 Å². The van der Waals surface area contributed by atoms with Gasteiger partial charge in [-0.3, -0.25) is 0 Å². The number of halogens is 3. The maximum Gasteiger partial charge on any atom is 0.573 e. The zero-order valence-electron chi connectivity index (χ0n) is 10.1. The lowest BCUT2D eigenvalue weighted by Crippen LogP contribution is -2.19. The van der Waals surface area contributed by atoms with Crippen LogP contribution in [-0.2, 0) is 12.0 Å². The van der Waals surface area contributed by atoms with Crippen LogP contribution >= 0.6 is 0 Å². The summed E-state index contributed by atoms with van der Waals surface area (Å²) < 4.78 is 40.4. The number of ether oxygens (including phenoxy) is 1. The summed E-state index contributed by atoms with van der Waals surface area (Å²) >= 11 is 0. The van der Waals surface area contributed by atoms with Gasteiger partial charge in [0, 0.05) is 6.54 Å². The third kappa shape index (κ3) is 4.26. The number of rotatable bonds is 2. The van der Waals surface area contributed by atoms with Crippen molar-refractivity contribution in [2.45, 2.75) is 39.1 Å². The quantitative estimate of drug-likeness (QED) is 0.869. The molecule has 5 heteroatoms. The molecule has 1 aromatic rings. The lowest BCUT2D eigenvalue weighted by atomic mass is 9.86. The maximum atomic E-state index is 12.2. The standard InChI is InChI=1S/C12H16F3NO/c1-11(2,3)9-4-8(7-16)5-10(6-9)17-12(13,14)15/h4-6H,7,16H2,1-3H3. The molecule has 96 valence electrons. The molecule has 0 unspecified atom stereocenters. The van der Waals surface area contributed by atoms with Gasteiger partial charge in [-0.2, -0.15) is 0 Å². The minimum Gasteiger partial charge on any atom is -0.406 e. The molecule has 0 aliphatic rings. The van der Waals surface area contributed by atoms with Gasteiger partial charge in [0.05, 0.1) is 0 Å². The van der Waals surface area contributed by atoms with Gasteiger partial charge >= 0.3 is 6.36 Å². The summed E-state index contributed by atoms with van der Waals surface area (Å²) in [5, 5.41) is 0. The highest BCUT2D eigenvalue weighted by Gasteiger charge is 2.31. The summed E-state index contributed by atoms with van der Waals surface area (Å²) in [5.74, 6) is -0.217. The van der Waals surface area contributed by atoms with E-state index in [4.69, 9.17) is 5.73 Å². The van der Waals surface area contributed by atoms with Crippen LogP contribution in [0.3, 0.4) is 0 Å². The van der Waals surface area contributed by atoms with Gasteiger partial charge < -0.3 is 10.5 Å². The molecule has 1 aromatic carbocycles. The minimum atomic E-state index is -4.68. The molecule has 0 fully saturated rings. The van der Waals surface area contributed by atoms with E-state index in [1.54, 1.807) is 6.07 Å². The van der Waals surface area contributed by atoms with Crippen molar-refractivity contribution in [3.8, 4) is 5.75 Å². The molecule has 17 heavy (non-hydrogen) atoms. The number of benzene rings is 1. The highest BCUT2D eigenvalue weighted by molar-refractivity contribution is 5.37. The fourth-order valence-corrected chi connectivity index (χ4v) is 1.40. The summed E-state index contributed by atoms with van der Waals surface area (Å²) in [4.78, 5) is 0. The first-order chi connectivity index (χ1) is 7.62. The third-order valence-electron chi connectivity index (χ3n) is 2.30. The Balaban J connectivity index is 3.15. The van der Waals surface area contributed by atoms with E-state index in [1.807, 2.05) is 20.8 Å². The second-order valence-electron chi connectivity index (χ2n) is 4.87. The zero-order chi connectivity index (χ0) is 13.3. The molecule has 0 amide bonds. The largest absolute Gasteiger partial charge is 0.573 e. The van der Waals surface area contributed by atoms with E-state index >= 15 is 0 Å². The van der Waals surface area contributed by atoms with Crippen molar-refractivity contribution >= 4 is 0 Å². The van der Waals surface area contributed by atoms with Crippen LogP contribution in [0.2, 0.25) is 0 Å². The van der Waals surface area contributed by atoms with Crippen LogP contribution in [0.15, 0.2) is 18.2 Å². The first-order valence-corrected chi connectivity index (χ1v) is 5.22. The molecular formula is C12H16F3NO. The van der Waals surface area contributed by atoms with Gasteiger partial charge in [-0.15, -0.1) is 13.2 Å². The Kier molecular flexibility index (Phi) is 3.71. The monoisotopic (exact) mass is 247 g/mol. The van der Waals surface area contributed by atoms with Crippen LogP contribution in [0.4, 0.5) is 13.2 Å². The summed E-state index contributed by atoms with van der Waals surface area (Å²) in [6, 6.07) is 4.50. The molecule has 0 bridgehead atoms. The number of alkyl halides is 3. The normalized spacial score (nSPS) is 12.6. The predicted molar refractivity (Wildman–Crippen MR) is 59.7 cm³/mol. The van der Waals surface area contributed by atoms with E-state index in [9.17, 15) is 13.2 Å². The van der Waals surface area contributed by atoms with Gasteiger partial charge in [0.2, 0.25) is 0 Å². The van der Waals surface area contributed by atoms with E-state index in [-0.39, 0.29) is 17.7 Å². The van der Waals surface area contributed by atoms with Crippen molar-refractivity contribution in [2.24, 2.45) is 5.73 Å². The Labute approximate surface area is 98.6 Å². The zero-order valence-corrected chi connectivity index (χ0v) is 10.1. The maximum absolute atomic E-state index is 12.2. The average molecular weight is 247 g/mol. The predicted octanol–water partition coefficient (Wildman–Crippen LogP) is 3.34. The molecule has 1 rings (SSSR count). The molecule has 0 saturated heterocycles. The number of nitrogens with two attached hydrogens (primary N) is 1. The second-order valence-corrected chi connectivity index (χ2v) is 4.87. The Bertz CT molecular complexity index is 394. The van der Waals surface area contributed by atoms with Crippen molar-refractivity contribution in [3.05, 3.63) is 29.3 Å². The fraction of sp³-hybridized carbons (Fsp3) is 0.500. The Morgan fingerprint density at radius 1 is 1.12 bits per heavy atom. The van der Waals surface area contributed by atoms with Gasteiger partial charge in [-0.25, -0.2) is 0 Å². The SMILES string of the molecule is CC(C)(C)c1cc(CN)cc(OC(F)(F)F)c1. The lowest BCUT2D eigenvalue weighted by molar-refractivity contribution is -0.274. The summed E-state index contributed by atoms with van der Waals surface area (Å²) in [6.07, 6.45) is -4.68. The summed E-state index contributed by atoms with van der Waals surface area (Å²) in [7, 11) is 0. The molecule has 0 spiro atoms. The fourth-order valence-electron chi connectivity index (χ4n) is 1.40. The van der Waals surface area contributed by atoms with Crippen molar-refractivity contribution in [2.75, 3.05) is 0 Å². The van der Waals surface area contributed by atoms with E-state index in [2.05, 4.69) is 4.74 Å². The molecule has 0 aromatic heterocycles. The van der Waals surface area contributed by atoms with Crippen molar-refractivity contribution in [1.82, 2.24) is 0 Å².